The molecule has 2 aromatic heterocycles. The second kappa shape index (κ2) is 7.93. The number of nitrogens with zero attached hydrogens (tertiary/aromatic N) is 2. The Kier molecular flexibility index (Phi) is 4.96. The van der Waals surface area contributed by atoms with Crippen LogP contribution in [0.25, 0.3) is 33.6 Å². The van der Waals surface area contributed by atoms with Gasteiger partial charge in [-0.3, -0.25) is 0 Å². The van der Waals surface area contributed by atoms with Crippen molar-refractivity contribution < 1.29 is 4.42 Å². The van der Waals surface area contributed by atoms with E-state index in [2.05, 4.69) is 52.5 Å². The number of H-pyrrole nitrogens is 1. The number of aromatic amines is 1. The number of hydrogen-bond acceptors (Lipinski definition) is 4. The Balaban J connectivity index is 1.67. The maximum Gasteiger partial charge on any atom is 0.320 e. The van der Waals surface area contributed by atoms with Crippen LogP contribution in [0.4, 0.5) is 11.7 Å². The standard InChI is InChI=1S/C25H21ClN4O/c1-15(2)19-9-6-10-20-21(16-11-13-17(26)14-12-16)23(28-22(19)20)24-29-30-25(31-24)27-18-7-4-3-5-8-18/h3-15,28H,1-2H3,(H,27,30). The SMILES string of the molecule is CC(C)c1cccc2c(-c3ccc(Cl)cc3)c(-c3nnc(Nc4ccccc4)o3)[nH]c12. The van der Waals surface area contributed by atoms with Crippen LogP contribution >= 0.6 is 11.6 Å². The average Bonchev–Trinajstić information content (AvgIpc) is 3.39. The van der Waals surface area contributed by atoms with Crippen molar-refractivity contribution in [3.8, 4) is 22.7 Å². The molecule has 0 aliphatic rings. The third-order valence-electron chi connectivity index (χ3n) is 5.28. The number of aromatic nitrogens is 3. The molecule has 0 saturated heterocycles. The summed E-state index contributed by atoms with van der Waals surface area (Å²) in [6.07, 6.45) is 0. The molecule has 5 rings (SSSR count). The Bertz CT molecular complexity index is 1340. The van der Waals surface area contributed by atoms with Gasteiger partial charge in [-0.2, -0.15) is 0 Å². The number of para-hydroxylation sites is 2. The second-order valence-electron chi connectivity index (χ2n) is 7.71. The lowest BCUT2D eigenvalue weighted by molar-refractivity contribution is 0.586. The van der Waals surface area contributed by atoms with Crippen molar-refractivity contribution in [1.82, 2.24) is 15.2 Å². The molecule has 0 aliphatic carbocycles. The number of rotatable bonds is 5. The Morgan fingerprint density at radius 3 is 2.42 bits per heavy atom. The number of benzene rings is 3. The van der Waals surface area contributed by atoms with E-state index in [1.54, 1.807) is 0 Å². The van der Waals surface area contributed by atoms with Crippen molar-refractivity contribution in [1.29, 1.82) is 0 Å². The summed E-state index contributed by atoms with van der Waals surface area (Å²) in [6, 6.07) is 24.2. The number of halogens is 1. The first-order valence-corrected chi connectivity index (χ1v) is 10.5. The van der Waals surface area contributed by atoms with Crippen LogP contribution in [0.5, 0.6) is 0 Å². The van der Waals surface area contributed by atoms with Crippen LogP contribution in [0.15, 0.2) is 77.2 Å². The number of fused-ring (bicyclic) bond motifs is 1. The minimum absolute atomic E-state index is 0.339. The molecule has 0 bridgehead atoms. The molecule has 0 fully saturated rings. The normalized spacial score (nSPS) is 11.4. The van der Waals surface area contributed by atoms with Crippen LogP contribution in [0.3, 0.4) is 0 Å². The Morgan fingerprint density at radius 1 is 0.903 bits per heavy atom. The van der Waals surface area contributed by atoms with Crippen molar-refractivity contribution in [3.63, 3.8) is 0 Å². The third-order valence-corrected chi connectivity index (χ3v) is 5.54. The van der Waals surface area contributed by atoms with Crippen molar-refractivity contribution in [3.05, 3.63) is 83.4 Å². The van der Waals surface area contributed by atoms with Gasteiger partial charge in [0.25, 0.3) is 5.89 Å². The number of nitrogens with one attached hydrogen (secondary N) is 2. The van der Waals surface area contributed by atoms with Crippen molar-refractivity contribution >= 4 is 34.2 Å². The highest BCUT2D eigenvalue weighted by Gasteiger charge is 2.22. The van der Waals surface area contributed by atoms with Gasteiger partial charge in [0, 0.05) is 21.7 Å². The zero-order valence-corrected chi connectivity index (χ0v) is 17.9. The van der Waals surface area contributed by atoms with Gasteiger partial charge >= 0.3 is 6.01 Å². The van der Waals surface area contributed by atoms with Gasteiger partial charge in [0.1, 0.15) is 5.69 Å². The maximum atomic E-state index is 6.14. The van der Waals surface area contributed by atoms with Crippen molar-refractivity contribution in [2.45, 2.75) is 19.8 Å². The molecule has 0 saturated carbocycles. The van der Waals surface area contributed by atoms with E-state index in [-0.39, 0.29) is 0 Å². The predicted molar refractivity (Wildman–Crippen MR) is 126 cm³/mol. The van der Waals surface area contributed by atoms with Gasteiger partial charge in [-0.15, -0.1) is 5.10 Å². The van der Waals surface area contributed by atoms with Crippen LogP contribution in [0.1, 0.15) is 25.3 Å². The molecular weight excluding hydrogens is 408 g/mol. The molecule has 0 atom stereocenters. The summed E-state index contributed by atoms with van der Waals surface area (Å²) < 4.78 is 6.00. The molecule has 154 valence electrons. The smallest absolute Gasteiger partial charge is 0.320 e. The van der Waals surface area contributed by atoms with Gasteiger partial charge in [-0.1, -0.05) is 79.1 Å². The van der Waals surface area contributed by atoms with E-state index >= 15 is 0 Å². The maximum absolute atomic E-state index is 6.14. The van der Waals surface area contributed by atoms with Crippen LogP contribution in [0.2, 0.25) is 5.02 Å². The lowest BCUT2D eigenvalue weighted by Gasteiger charge is -2.07. The highest BCUT2D eigenvalue weighted by molar-refractivity contribution is 6.30. The molecule has 3 aromatic carbocycles. The summed E-state index contributed by atoms with van der Waals surface area (Å²) in [4.78, 5) is 3.56. The highest BCUT2D eigenvalue weighted by Crippen LogP contribution is 2.40. The first kappa shape index (κ1) is 19.4. The highest BCUT2D eigenvalue weighted by atomic mass is 35.5. The van der Waals surface area contributed by atoms with Crippen LogP contribution in [-0.4, -0.2) is 15.2 Å². The minimum atomic E-state index is 0.339. The average molecular weight is 429 g/mol. The summed E-state index contributed by atoms with van der Waals surface area (Å²) >= 11 is 6.14. The largest absolute Gasteiger partial charge is 0.402 e. The van der Waals surface area contributed by atoms with Crippen LogP contribution in [-0.2, 0) is 0 Å². The minimum Gasteiger partial charge on any atom is -0.402 e. The molecule has 2 N–H and O–H groups in total. The predicted octanol–water partition coefficient (Wildman–Crippen LogP) is 7.41. The molecule has 2 heterocycles. The van der Waals surface area contributed by atoms with Gasteiger partial charge in [-0.25, -0.2) is 0 Å². The molecular formula is C25H21ClN4O. The van der Waals surface area contributed by atoms with Gasteiger partial charge in [0.05, 0.1) is 5.52 Å². The summed E-state index contributed by atoms with van der Waals surface area (Å²) in [5.74, 6) is 0.792. The van der Waals surface area contributed by atoms with E-state index in [0.717, 1.165) is 33.4 Å². The fourth-order valence-corrected chi connectivity index (χ4v) is 3.94. The molecule has 0 aliphatic heterocycles. The fourth-order valence-electron chi connectivity index (χ4n) is 3.82. The summed E-state index contributed by atoms with van der Waals surface area (Å²) in [5.41, 5.74) is 6.04. The molecule has 0 spiro atoms. The van der Waals surface area contributed by atoms with E-state index in [0.29, 0.717) is 22.8 Å². The first-order chi connectivity index (χ1) is 15.1. The Hall–Kier alpha value is -3.57. The Morgan fingerprint density at radius 2 is 1.68 bits per heavy atom. The molecule has 0 amide bonds. The topological polar surface area (TPSA) is 66.7 Å². The molecule has 0 unspecified atom stereocenters. The molecule has 6 heteroatoms. The van der Waals surface area contributed by atoms with Gasteiger partial charge in [-0.05, 0) is 41.3 Å². The molecule has 5 nitrogen and oxygen atoms in total. The van der Waals surface area contributed by atoms with Crippen LogP contribution < -0.4 is 5.32 Å². The van der Waals surface area contributed by atoms with Crippen molar-refractivity contribution in [2.24, 2.45) is 0 Å². The van der Waals surface area contributed by atoms with Crippen LogP contribution in [0, 0.1) is 0 Å². The molecule has 5 aromatic rings. The molecule has 0 radical (unpaired) electrons. The van der Waals surface area contributed by atoms with Gasteiger partial charge < -0.3 is 14.7 Å². The van der Waals surface area contributed by atoms with E-state index in [4.69, 9.17) is 16.0 Å². The Labute approximate surface area is 185 Å². The lowest BCUT2D eigenvalue weighted by Crippen LogP contribution is -1.88. The zero-order valence-electron chi connectivity index (χ0n) is 17.2. The molecule has 31 heavy (non-hydrogen) atoms. The number of anilines is 2. The van der Waals surface area contributed by atoms with E-state index < -0.39 is 0 Å². The first-order valence-electron chi connectivity index (χ1n) is 10.2. The van der Waals surface area contributed by atoms with Gasteiger partial charge in [0.2, 0.25) is 0 Å². The summed E-state index contributed by atoms with van der Waals surface area (Å²) in [6.45, 7) is 4.37. The fraction of sp³-hybridized carbons (Fsp3) is 0.120. The third kappa shape index (κ3) is 3.68. The monoisotopic (exact) mass is 428 g/mol. The lowest BCUT2D eigenvalue weighted by atomic mass is 9.97. The van der Waals surface area contributed by atoms with E-state index in [1.807, 2.05) is 54.6 Å². The number of hydrogen-bond donors (Lipinski definition) is 2. The van der Waals surface area contributed by atoms with E-state index in [9.17, 15) is 0 Å². The van der Waals surface area contributed by atoms with Gasteiger partial charge in [0.15, 0.2) is 0 Å². The second-order valence-corrected chi connectivity index (χ2v) is 8.15. The van der Waals surface area contributed by atoms with E-state index in [1.165, 1.54) is 5.56 Å². The zero-order chi connectivity index (χ0) is 21.4. The quantitative estimate of drug-likeness (QED) is 0.306. The summed E-state index contributed by atoms with van der Waals surface area (Å²) in [7, 11) is 0. The summed E-state index contributed by atoms with van der Waals surface area (Å²) in [5, 5.41) is 13.5. The van der Waals surface area contributed by atoms with Crippen molar-refractivity contribution in [2.75, 3.05) is 5.32 Å².